The molecule has 1 aliphatic heterocycles. The Labute approximate surface area is 222 Å². The number of amides is 2. The Kier molecular flexibility index (Phi) is 11.7. The van der Waals surface area contributed by atoms with Crippen molar-refractivity contribution in [3.8, 4) is 5.75 Å². The highest BCUT2D eigenvalue weighted by Gasteiger charge is 2.30. The van der Waals surface area contributed by atoms with Gasteiger partial charge >= 0.3 is 0 Å². The predicted octanol–water partition coefficient (Wildman–Crippen LogP) is 4.22. The lowest BCUT2D eigenvalue weighted by atomic mass is 9.88. The molecule has 4 atom stereocenters. The maximum atomic E-state index is 14.0. The molecule has 2 amide bonds. The van der Waals surface area contributed by atoms with Crippen LogP contribution in [0.5, 0.6) is 5.75 Å². The first kappa shape index (κ1) is 29.4. The highest BCUT2D eigenvalue weighted by atomic mass is 16.5. The molecule has 0 saturated heterocycles. The van der Waals surface area contributed by atoms with Gasteiger partial charge in [0.25, 0.3) is 5.91 Å². The van der Waals surface area contributed by atoms with Crippen molar-refractivity contribution in [1.29, 1.82) is 0 Å². The third-order valence-corrected chi connectivity index (χ3v) is 7.70. The van der Waals surface area contributed by atoms with Crippen LogP contribution >= 0.6 is 0 Å². The largest absolute Gasteiger partial charge is 0.490 e. The van der Waals surface area contributed by atoms with Crippen molar-refractivity contribution < 1.29 is 24.2 Å². The number of carbonyl (C=O) groups is 2. The van der Waals surface area contributed by atoms with Crippen molar-refractivity contribution in [3.05, 3.63) is 23.8 Å². The fourth-order valence-corrected chi connectivity index (χ4v) is 5.30. The van der Waals surface area contributed by atoms with E-state index in [0.717, 1.165) is 44.9 Å². The summed E-state index contributed by atoms with van der Waals surface area (Å²) in [7, 11) is 1.90. The zero-order valence-corrected chi connectivity index (χ0v) is 23.1. The van der Waals surface area contributed by atoms with Gasteiger partial charge < -0.3 is 30.1 Å². The van der Waals surface area contributed by atoms with Crippen LogP contribution in [0.3, 0.4) is 0 Å². The molecule has 1 aliphatic carbocycles. The fraction of sp³-hybridized carbons (Fsp3) is 0.724. The van der Waals surface area contributed by atoms with Crippen molar-refractivity contribution >= 4 is 17.5 Å². The van der Waals surface area contributed by atoms with Crippen molar-refractivity contribution in [2.24, 2.45) is 11.8 Å². The first-order valence-electron chi connectivity index (χ1n) is 14.1. The quantitative estimate of drug-likeness (QED) is 0.523. The molecule has 0 unspecified atom stereocenters. The summed E-state index contributed by atoms with van der Waals surface area (Å²) in [6, 6.07) is 4.97. The van der Waals surface area contributed by atoms with E-state index in [4.69, 9.17) is 9.47 Å². The van der Waals surface area contributed by atoms with Gasteiger partial charge in [0, 0.05) is 37.2 Å². The number of rotatable bonds is 6. The molecule has 0 bridgehead atoms. The van der Waals surface area contributed by atoms with Gasteiger partial charge in [-0.15, -0.1) is 0 Å². The average molecular weight is 518 g/mol. The highest BCUT2D eigenvalue weighted by Crippen LogP contribution is 2.30. The van der Waals surface area contributed by atoms with Crippen LogP contribution in [-0.4, -0.2) is 73.4 Å². The highest BCUT2D eigenvalue weighted by molar-refractivity contribution is 6.00. The molecule has 3 rings (SSSR count). The van der Waals surface area contributed by atoms with Crippen molar-refractivity contribution in [3.63, 3.8) is 0 Å². The number of benzene rings is 1. The molecular formula is C29H47N3O5. The molecular weight excluding hydrogens is 470 g/mol. The summed E-state index contributed by atoms with van der Waals surface area (Å²) in [5.41, 5.74) is 1.00. The fourth-order valence-electron chi connectivity index (χ4n) is 5.30. The minimum atomic E-state index is -0.385. The Hall–Kier alpha value is -2.16. The number of likely N-dealkylation sites (N-methyl/N-ethyl adjacent to an activating group) is 1. The number of nitrogens with zero attached hydrogens (tertiary/aromatic N) is 1. The summed E-state index contributed by atoms with van der Waals surface area (Å²) in [5.74, 6) is 0.375. The second-order valence-electron chi connectivity index (χ2n) is 10.9. The Balaban J connectivity index is 1.93. The summed E-state index contributed by atoms with van der Waals surface area (Å²) in [6.45, 7) is 7.57. The lowest BCUT2D eigenvalue weighted by Gasteiger charge is -2.34. The Bertz CT molecular complexity index is 873. The summed E-state index contributed by atoms with van der Waals surface area (Å²) in [4.78, 5) is 28.7. The normalized spacial score (nSPS) is 25.5. The summed E-state index contributed by atoms with van der Waals surface area (Å²) in [5, 5.41) is 16.3. The summed E-state index contributed by atoms with van der Waals surface area (Å²) >= 11 is 0. The van der Waals surface area contributed by atoms with Gasteiger partial charge in [0.1, 0.15) is 5.75 Å². The number of carbonyl (C=O) groups excluding carboxylic acids is 2. The predicted molar refractivity (Wildman–Crippen MR) is 146 cm³/mol. The number of hydrogen-bond acceptors (Lipinski definition) is 6. The van der Waals surface area contributed by atoms with Crippen LogP contribution in [0.4, 0.5) is 5.69 Å². The summed E-state index contributed by atoms with van der Waals surface area (Å²) in [6.07, 6.45) is 7.79. The van der Waals surface area contributed by atoms with E-state index in [1.165, 1.54) is 6.42 Å². The van der Waals surface area contributed by atoms with Gasteiger partial charge in [-0.3, -0.25) is 9.59 Å². The number of aliphatic hydroxyl groups is 1. The number of ether oxygens (including phenoxy) is 2. The third kappa shape index (κ3) is 8.42. The Morgan fingerprint density at radius 3 is 2.57 bits per heavy atom. The van der Waals surface area contributed by atoms with Crippen LogP contribution in [0.25, 0.3) is 0 Å². The van der Waals surface area contributed by atoms with E-state index in [0.29, 0.717) is 36.7 Å². The molecule has 1 fully saturated rings. The third-order valence-electron chi connectivity index (χ3n) is 7.70. The Morgan fingerprint density at radius 1 is 1.14 bits per heavy atom. The van der Waals surface area contributed by atoms with E-state index in [2.05, 4.69) is 17.6 Å². The standard InChI is InChI=1S/C29H47N3O5/c1-20-18-32(21(2)19-33)29(35)25-16-24(31-28(34)23-11-6-5-7-12-23)13-14-26(25)37-22(3)10-8-9-15-36-27(20)17-30-4/h13-14,16,20-23,27,30,33H,5-12,15,17-19H2,1-4H3,(H,31,34)/t20-,21+,22-,27-/m1/s1. The number of nitrogens with one attached hydrogen (secondary N) is 2. The lowest BCUT2D eigenvalue weighted by Crippen LogP contribution is -2.47. The molecule has 0 radical (unpaired) electrons. The summed E-state index contributed by atoms with van der Waals surface area (Å²) < 4.78 is 12.5. The number of aliphatic hydroxyl groups excluding tert-OH is 1. The smallest absolute Gasteiger partial charge is 0.258 e. The second-order valence-corrected chi connectivity index (χ2v) is 10.9. The number of fused-ring (bicyclic) bond motifs is 1. The minimum absolute atomic E-state index is 0.0172. The van der Waals surface area contributed by atoms with Crippen molar-refractivity contribution in [2.75, 3.05) is 38.7 Å². The van der Waals surface area contributed by atoms with Crippen LogP contribution in [0.15, 0.2) is 18.2 Å². The molecule has 3 N–H and O–H groups in total. The van der Waals surface area contributed by atoms with Crippen molar-refractivity contribution in [1.82, 2.24) is 10.2 Å². The van der Waals surface area contributed by atoms with Crippen LogP contribution in [0.1, 0.15) is 82.5 Å². The van der Waals surface area contributed by atoms with Gasteiger partial charge in [0.05, 0.1) is 30.4 Å². The van der Waals surface area contributed by atoms with Crippen LogP contribution in [-0.2, 0) is 9.53 Å². The molecule has 1 aromatic rings. The monoisotopic (exact) mass is 517 g/mol. The molecule has 0 spiro atoms. The van der Waals surface area contributed by atoms with Crippen LogP contribution < -0.4 is 15.4 Å². The topological polar surface area (TPSA) is 100 Å². The number of anilines is 1. The Morgan fingerprint density at radius 2 is 1.86 bits per heavy atom. The molecule has 2 aliphatic rings. The van der Waals surface area contributed by atoms with E-state index in [1.807, 2.05) is 27.0 Å². The number of hydrogen-bond donors (Lipinski definition) is 3. The maximum Gasteiger partial charge on any atom is 0.258 e. The van der Waals surface area contributed by atoms with Gasteiger partial charge in [-0.05, 0) is 71.2 Å². The van der Waals surface area contributed by atoms with Gasteiger partial charge in [0.2, 0.25) is 5.91 Å². The average Bonchev–Trinajstić information content (AvgIpc) is 2.90. The van der Waals surface area contributed by atoms with E-state index >= 15 is 0 Å². The van der Waals surface area contributed by atoms with E-state index < -0.39 is 0 Å². The second kappa shape index (κ2) is 14.7. The SMILES string of the molecule is CNC[C@H]1OCCCC[C@@H](C)Oc2ccc(NC(=O)C3CCCCC3)cc2C(=O)N([C@@H](C)CO)C[C@H]1C. The molecule has 1 aromatic carbocycles. The zero-order chi connectivity index (χ0) is 26.8. The first-order chi connectivity index (χ1) is 17.8. The molecule has 1 heterocycles. The van der Waals surface area contributed by atoms with Crippen molar-refractivity contribution in [2.45, 2.75) is 90.4 Å². The van der Waals surface area contributed by atoms with Gasteiger partial charge in [0.15, 0.2) is 0 Å². The molecule has 8 heteroatoms. The molecule has 0 aromatic heterocycles. The van der Waals surface area contributed by atoms with Gasteiger partial charge in [-0.25, -0.2) is 0 Å². The van der Waals surface area contributed by atoms with Crippen LogP contribution in [0.2, 0.25) is 0 Å². The minimum Gasteiger partial charge on any atom is -0.490 e. The van der Waals surface area contributed by atoms with E-state index in [9.17, 15) is 14.7 Å². The van der Waals surface area contributed by atoms with Crippen LogP contribution in [0, 0.1) is 11.8 Å². The van der Waals surface area contributed by atoms with Gasteiger partial charge in [-0.1, -0.05) is 26.2 Å². The molecule has 1 saturated carbocycles. The van der Waals surface area contributed by atoms with Gasteiger partial charge in [-0.2, -0.15) is 0 Å². The lowest BCUT2D eigenvalue weighted by molar-refractivity contribution is -0.120. The zero-order valence-electron chi connectivity index (χ0n) is 23.1. The van der Waals surface area contributed by atoms with E-state index in [1.54, 1.807) is 17.0 Å². The molecule has 208 valence electrons. The first-order valence-corrected chi connectivity index (χ1v) is 14.1. The van der Waals surface area contributed by atoms with E-state index in [-0.39, 0.29) is 48.5 Å². The molecule has 37 heavy (non-hydrogen) atoms. The maximum absolute atomic E-state index is 14.0. The molecule has 8 nitrogen and oxygen atoms in total.